The molecule has 0 saturated carbocycles. The predicted octanol–water partition coefficient (Wildman–Crippen LogP) is 2.32. The summed E-state index contributed by atoms with van der Waals surface area (Å²) in [6.45, 7) is 0.777. The minimum atomic E-state index is -0.992. The molecule has 0 heterocycles. The topological polar surface area (TPSA) is 76.0 Å². The van der Waals surface area contributed by atoms with Gasteiger partial charge in [0.25, 0.3) is 0 Å². The van der Waals surface area contributed by atoms with Crippen molar-refractivity contribution in [2.24, 2.45) is 0 Å². The van der Waals surface area contributed by atoms with E-state index in [2.05, 4.69) is 0 Å². The van der Waals surface area contributed by atoms with E-state index in [1.165, 1.54) is 19.2 Å². The number of benzene rings is 1. The molecule has 5 nitrogen and oxygen atoms in total. The van der Waals surface area contributed by atoms with Crippen LogP contribution in [0.1, 0.15) is 36.0 Å². The third-order valence-electron chi connectivity index (χ3n) is 2.72. The van der Waals surface area contributed by atoms with Gasteiger partial charge in [0, 0.05) is 6.61 Å². The number of hydrogen-bond donors (Lipinski definition) is 2. The second-order valence-electron chi connectivity index (χ2n) is 4.16. The normalized spacial score (nSPS) is 10.2. The molecule has 106 valence electrons. The quantitative estimate of drug-likeness (QED) is 0.672. The van der Waals surface area contributed by atoms with Crippen LogP contribution in [0, 0.1) is 0 Å². The summed E-state index contributed by atoms with van der Waals surface area (Å²) in [4.78, 5) is 10.8. The average Bonchev–Trinajstić information content (AvgIpc) is 2.42. The molecule has 0 amide bonds. The Labute approximate surface area is 112 Å². The molecule has 0 aliphatic heterocycles. The predicted molar refractivity (Wildman–Crippen MR) is 71.0 cm³/mol. The summed E-state index contributed by atoms with van der Waals surface area (Å²) < 4.78 is 10.7. The maximum Gasteiger partial charge on any atom is 0.335 e. The molecule has 0 atom stereocenters. The van der Waals surface area contributed by atoms with Crippen LogP contribution in [0.5, 0.6) is 11.5 Å². The van der Waals surface area contributed by atoms with Gasteiger partial charge in [-0.3, -0.25) is 0 Å². The molecule has 1 rings (SSSR count). The monoisotopic (exact) mass is 268 g/mol. The van der Waals surface area contributed by atoms with Crippen molar-refractivity contribution in [2.75, 3.05) is 20.3 Å². The summed E-state index contributed by atoms with van der Waals surface area (Å²) in [6.07, 6.45) is 3.69. The molecule has 0 bridgehead atoms. The first kappa shape index (κ1) is 15.3. The number of aliphatic hydroxyl groups is 1. The Morgan fingerprint density at radius 1 is 1.16 bits per heavy atom. The van der Waals surface area contributed by atoms with Crippen LogP contribution in [0.25, 0.3) is 0 Å². The van der Waals surface area contributed by atoms with E-state index in [1.807, 2.05) is 0 Å². The zero-order valence-electron chi connectivity index (χ0n) is 11.1. The molecule has 0 unspecified atom stereocenters. The number of carbonyl (C=O) groups is 1. The molecule has 1 aromatic carbocycles. The fourth-order valence-electron chi connectivity index (χ4n) is 1.67. The summed E-state index contributed by atoms with van der Waals surface area (Å²) in [5, 5.41) is 17.5. The van der Waals surface area contributed by atoms with Gasteiger partial charge in [-0.15, -0.1) is 0 Å². The van der Waals surface area contributed by atoms with Crippen molar-refractivity contribution in [3.05, 3.63) is 23.8 Å². The molecule has 0 spiro atoms. The van der Waals surface area contributed by atoms with Crippen molar-refractivity contribution >= 4 is 5.97 Å². The summed E-state index contributed by atoms with van der Waals surface area (Å²) >= 11 is 0. The first-order valence-electron chi connectivity index (χ1n) is 6.34. The standard InChI is InChI=1S/C14H20O5/c1-18-13-10-11(14(16)17)6-7-12(13)19-9-5-3-2-4-8-15/h6-7,10,15H,2-5,8-9H2,1H3,(H,16,17). The maximum atomic E-state index is 10.8. The van der Waals surface area contributed by atoms with Crippen LogP contribution in [-0.4, -0.2) is 36.5 Å². The lowest BCUT2D eigenvalue weighted by Crippen LogP contribution is -2.02. The van der Waals surface area contributed by atoms with Gasteiger partial charge in [-0.2, -0.15) is 0 Å². The van der Waals surface area contributed by atoms with Gasteiger partial charge in [-0.1, -0.05) is 6.42 Å². The maximum absolute atomic E-state index is 10.8. The van der Waals surface area contributed by atoms with E-state index in [0.29, 0.717) is 18.1 Å². The van der Waals surface area contributed by atoms with Gasteiger partial charge in [0.1, 0.15) is 0 Å². The number of unbranched alkanes of at least 4 members (excludes halogenated alkanes) is 3. The van der Waals surface area contributed by atoms with Gasteiger partial charge in [0.05, 0.1) is 19.3 Å². The Morgan fingerprint density at radius 3 is 2.53 bits per heavy atom. The molecule has 19 heavy (non-hydrogen) atoms. The number of carboxylic acid groups (broad SMARTS) is 1. The second kappa shape index (κ2) is 8.37. The lowest BCUT2D eigenvalue weighted by atomic mass is 10.2. The number of aromatic carboxylic acids is 1. The molecule has 0 aromatic heterocycles. The lowest BCUT2D eigenvalue weighted by molar-refractivity contribution is 0.0696. The second-order valence-corrected chi connectivity index (χ2v) is 4.16. The highest BCUT2D eigenvalue weighted by Crippen LogP contribution is 2.28. The third kappa shape index (κ3) is 5.18. The van der Waals surface area contributed by atoms with E-state index in [-0.39, 0.29) is 12.2 Å². The highest BCUT2D eigenvalue weighted by Gasteiger charge is 2.09. The van der Waals surface area contributed by atoms with Gasteiger partial charge in [0.2, 0.25) is 0 Å². The van der Waals surface area contributed by atoms with E-state index in [4.69, 9.17) is 19.7 Å². The highest BCUT2D eigenvalue weighted by molar-refractivity contribution is 5.88. The van der Waals surface area contributed by atoms with E-state index < -0.39 is 5.97 Å². The Balaban J connectivity index is 2.47. The van der Waals surface area contributed by atoms with Crippen LogP contribution in [0.2, 0.25) is 0 Å². The molecular weight excluding hydrogens is 248 g/mol. The zero-order valence-corrected chi connectivity index (χ0v) is 11.1. The Kier molecular flexibility index (Phi) is 6.74. The van der Waals surface area contributed by atoms with Crippen molar-refractivity contribution in [2.45, 2.75) is 25.7 Å². The van der Waals surface area contributed by atoms with Crippen LogP contribution in [0.15, 0.2) is 18.2 Å². The smallest absolute Gasteiger partial charge is 0.335 e. The summed E-state index contributed by atoms with van der Waals surface area (Å²) in [6, 6.07) is 4.55. The minimum absolute atomic E-state index is 0.173. The highest BCUT2D eigenvalue weighted by atomic mass is 16.5. The van der Waals surface area contributed by atoms with Crippen LogP contribution in [0.4, 0.5) is 0 Å². The summed E-state index contributed by atoms with van der Waals surface area (Å²) in [5.41, 5.74) is 0.173. The fourth-order valence-corrected chi connectivity index (χ4v) is 1.67. The minimum Gasteiger partial charge on any atom is -0.493 e. The molecule has 0 aliphatic carbocycles. The van der Waals surface area contributed by atoms with Crippen LogP contribution >= 0.6 is 0 Å². The van der Waals surface area contributed by atoms with Crippen molar-refractivity contribution < 1.29 is 24.5 Å². The van der Waals surface area contributed by atoms with E-state index >= 15 is 0 Å². The average molecular weight is 268 g/mol. The van der Waals surface area contributed by atoms with Crippen LogP contribution in [-0.2, 0) is 0 Å². The first-order valence-corrected chi connectivity index (χ1v) is 6.34. The number of methoxy groups -OCH3 is 1. The zero-order chi connectivity index (χ0) is 14.1. The number of aliphatic hydroxyl groups excluding tert-OH is 1. The van der Waals surface area contributed by atoms with E-state index in [0.717, 1.165) is 25.7 Å². The summed E-state index contributed by atoms with van der Waals surface area (Å²) in [5.74, 6) is -0.0150. The molecule has 2 N–H and O–H groups in total. The largest absolute Gasteiger partial charge is 0.493 e. The Hall–Kier alpha value is -1.75. The van der Waals surface area contributed by atoms with Gasteiger partial charge in [-0.25, -0.2) is 4.79 Å². The first-order chi connectivity index (χ1) is 9.19. The molecule has 1 aromatic rings. The van der Waals surface area contributed by atoms with Gasteiger partial charge in [0.15, 0.2) is 11.5 Å². The van der Waals surface area contributed by atoms with Crippen LogP contribution < -0.4 is 9.47 Å². The van der Waals surface area contributed by atoms with E-state index in [1.54, 1.807) is 6.07 Å². The summed E-state index contributed by atoms with van der Waals surface area (Å²) in [7, 11) is 1.48. The number of carboxylic acids is 1. The Bertz CT molecular complexity index is 403. The van der Waals surface area contributed by atoms with Crippen LogP contribution in [0.3, 0.4) is 0 Å². The fraction of sp³-hybridized carbons (Fsp3) is 0.500. The van der Waals surface area contributed by atoms with Gasteiger partial charge >= 0.3 is 5.97 Å². The molecular formula is C14H20O5. The molecule has 0 fully saturated rings. The lowest BCUT2D eigenvalue weighted by Gasteiger charge is -2.11. The van der Waals surface area contributed by atoms with Gasteiger partial charge in [-0.05, 0) is 37.5 Å². The third-order valence-corrected chi connectivity index (χ3v) is 2.72. The van der Waals surface area contributed by atoms with Crippen molar-refractivity contribution in [3.8, 4) is 11.5 Å². The molecule has 0 aliphatic rings. The molecule has 0 saturated heterocycles. The van der Waals surface area contributed by atoms with Crippen molar-refractivity contribution in [1.29, 1.82) is 0 Å². The SMILES string of the molecule is COc1cc(C(=O)O)ccc1OCCCCCCO. The van der Waals surface area contributed by atoms with Crippen molar-refractivity contribution in [3.63, 3.8) is 0 Å². The van der Waals surface area contributed by atoms with E-state index in [9.17, 15) is 4.79 Å². The van der Waals surface area contributed by atoms with Crippen molar-refractivity contribution in [1.82, 2.24) is 0 Å². The number of hydrogen-bond acceptors (Lipinski definition) is 4. The molecule has 0 radical (unpaired) electrons. The van der Waals surface area contributed by atoms with Gasteiger partial charge < -0.3 is 19.7 Å². The molecule has 5 heteroatoms. The Morgan fingerprint density at radius 2 is 1.89 bits per heavy atom. The number of ether oxygens (including phenoxy) is 2. The number of rotatable bonds is 9.